The maximum atomic E-state index is 12.6. The minimum Gasteiger partial charge on any atom is -0.496 e. The second-order valence-electron chi connectivity index (χ2n) is 7.58. The summed E-state index contributed by atoms with van der Waals surface area (Å²) < 4.78 is 17.0. The van der Waals surface area contributed by atoms with Gasteiger partial charge in [-0.25, -0.2) is 5.43 Å². The van der Waals surface area contributed by atoms with E-state index >= 15 is 0 Å². The summed E-state index contributed by atoms with van der Waals surface area (Å²) in [6, 6.07) is 19.5. The molecule has 0 radical (unpaired) electrons. The number of hydrogen-bond donors (Lipinski definition) is 1. The summed E-state index contributed by atoms with van der Waals surface area (Å²) in [5.41, 5.74) is 2.96. The van der Waals surface area contributed by atoms with Gasteiger partial charge in [0.05, 0.1) is 13.3 Å². The maximum absolute atomic E-state index is 12.6. The van der Waals surface area contributed by atoms with Gasteiger partial charge in [-0.1, -0.05) is 29.3 Å². The van der Waals surface area contributed by atoms with Crippen molar-refractivity contribution in [3.05, 3.63) is 87.9 Å². The number of carbonyl (C=O) groups is 1. The van der Waals surface area contributed by atoms with E-state index in [0.29, 0.717) is 27.3 Å². The number of ether oxygens (including phenoxy) is 3. The summed E-state index contributed by atoms with van der Waals surface area (Å²) >= 11 is 11.9. The van der Waals surface area contributed by atoms with Gasteiger partial charge in [-0.3, -0.25) is 4.79 Å². The van der Waals surface area contributed by atoms with Crippen molar-refractivity contribution < 1.29 is 19.0 Å². The molecular formula is C25H24Cl2N2O4. The first-order valence-corrected chi connectivity index (χ1v) is 10.9. The number of carbonyl (C=O) groups excluding carboxylic acids is 1. The van der Waals surface area contributed by atoms with Gasteiger partial charge in [0.15, 0.2) is 5.60 Å². The van der Waals surface area contributed by atoms with Gasteiger partial charge in [0, 0.05) is 15.6 Å². The number of hydrazone groups is 1. The van der Waals surface area contributed by atoms with E-state index in [1.165, 1.54) is 0 Å². The highest BCUT2D eigenvalue weighted by atomic mass is 35.5. The topological polar surface area (TPSA) is 69.2 Å². The third-order valence-electron chi connectivity index (χ3n) is 4.61. The second kappa shape index (κ2) is 11.1. The molecule has 0 aliphatic rings. The quantitative estimate of drug-likeness (QED) is 0.302. The Morgan fingerprint density at radius 3 is 2.45 bits per heavy atom. The van der Waals surface area contributed by atoms with Gasteiger partial charge < -0.3 is 14.2 Å². The Balaban J connectivity index is 1.63. The number of nitrogens with one attached hydrogen (secondary N) is 1. The molecule has 0 saturated heterocycles. The highest BCUT2D eigenvalue weighted by molar-refractivity contribution is 6.30. The zero-order chi connectivity index (χ0) is 23.8. The summed E-state index contributed by atoms with van der Waals surface area (Å²) in [5.74, 6) is 1.46. The van der Waals surface area contributed by atoms with E-state index in [2.05, 4.69) is 10.5 Å². The molecule has 0 spiro atoms. The fourth-order valence-electron chi connectivity index (χ4n) is 2.85. The lowest BCUT2D eigenvalue weighted by atomic mass is 10.1. The predicted molar refractivity (Wildman–Crippen MR) is 131 cm³/mol. The van der Waals surface area contributed by atoms with Crippen LogP contribution < -0.4 is 19.6 Å². The molecule has 172 valence electrons. The Morgan fingerprint density at radius 1 is 1.00 bits per heavy atom. The van der Waals surface area contributed by atoms with Crippen LogP contribution in [0.3, 0.4) is 0 Å². The number of rotatable bonds is 9. The van der Waals surface area contributed by atoms with E-state index in [0.717, 1.165) is 11.1 Å². The molecule has 3 aromatic carbocycles. The van der Waals surface area contributed by atoms with Gasteiger partial charge in [-0.2, -0.15) is 5.10 Å². The smallest absolute Gasteiger partial charge is 0.283 e. The number of nitrogens with zero attached hydrogens (tertiary/aromatic N) is 1. The minimum atomic E-state index is -1.14. The van der Waals surface area contributed by atoms with Gasteiger partial charge in [0.2, 0.25) is 0 Å². The van der Waals surface area contributed by atoms with Gasteiger partial charge >= 0.3 is 0 Å². The molecule has 6 nitrogen and oxygen atoms in total. The number of halogens is 2. The van der Waals surface area contributed by atoms with Crippen LogP contribution in [0.4, 0.5) is 0 Å². The van der Waals surface area contributed by atoms with E-state index in [1.807, 2.05) is 30.3 Å². The Labute approximate surface area is 203 Å². The van der Waals surface area contributed by atoms with Crippen molar-refractivity contribution >= 4 is 35.3 Å². The first kappa shape index (κ1) is 24.4. The number of methoxy groups -OCH3 is 1. The van der Waals surface area contributed by atoms with Crippen LogP contribution in [0.25, 0.3) is 0 Å². The van der Waals surface area contributed by atoms with Crippen molar-refractivity contribution in [1.82, 2.24) is 5.43 Å². The zero-order valence-corrected chi connectivity index (χ0v) is 20.0. The molecule has 0 saturated carbocycles. The van der Waals surface area contributed by atoms with Crippen LogP contribution in [0.5, 0.6) is 17.2 Å². The molecule has 0 bridgehead atoms. The van der Waals surface area contributed by atoms with Crippen LogP contribution in [0.2, 0.25) is 10.0 Å². The van der Waals surface area contributed by atoms with E-state index in [9.17, 15) is 4.79 Å². The molecule has 8 heteroatoms. The van der Waals surface area contributed by atoms with Crippen molar-refractivity contribution in [3.8, 4) is 17.2 Å². The SMILES string of the molecule is COc1ccc(/C=N/NC(=O)C(C)(C)Oc2ccc(Cl)cc2)cc1COc1cccc(Cl)c1. The van der Waals surface area contributed by atoms with Crippen LogP contribution in [0.1, 0.15) is 25.0 Å². The van der Waals surface area contributed by atoms with Gasteiger partial charge in [-0.15, -0.1) is 0 Å². The average Bonchev–Trinajstić information content (AvgIpc) is 2.79. The third kappa shape index (κ3) is 7.14. The van der Waals surface area contributed by atoms with Crippen molar-refractivity contribution in [2.24, 2.45) is 5.10 Å². The normalized spacial score (nSPS) is 11.3. The lowest BCUT2D eigenvalue weighted by Gasteiger charge is -2.24. The standard InChI is InChI=1S/C25H24Cl2N2O4/c1-25(2,33-21-10-8-19(26)9-11-21)24(30)29-28-15-17-7-12-23(31-3)18(13-17)16-32-22-6-4-5-20(27)14-22/h4-15H,16H2,1-3H3,(H,29,30)/b28-15+. The summed E-state index contributed by atoms with van der Waals surface area (Å²) in [5, 5.41) is 5.25. The lowest BCUT2D eigenvalue weighted by Crippen LogP contribution is -2.44. The van der Waals surface area contributed by atoms with Crippen LogP contribution in [0.15, 0.2) is 71.8 Å². The van der Waals surface area contributed by atoms with Crippen LogP contribution >= 0.6 is 23.2 Å². The molecule has 0 aromatic heterocycles. The first-order chi connectivity index (χ1) is 15.8. The summed E-state index contributed by atoms with van der Waals surface area (Å²) in [7, 11) is 1.59. The minimum absolute atomic E-state index is 0.277. The third-order valence-corrected chi connectivity index (χ3v) is 5.10. The zero-order valence-electron chi connectivity index (χ0n) is 18.5. The molecule has 1 amide bonds. The maximum Gasteiger partial charge on any atom is 0.283 e. The molecule has 0 heterocycles. The fraction of sp³-hybridized carbons (Fsp3) is 0.200. The number of benzene rings is 3. The van der Waals surface area contributed by atoms with Gasteiger partial charge in [0.1, 0.15) is 23.9 Å². The van der Waals surface area contributed by atoms with Crippen molar-refractivity contribution in [1.29, 1.82) is 0 Å². The van der Waals surface area contributed by atoms with Crippen LogP contribution in [-0.2, 0) is 11.4 Å². The Hall–Kier alpha value is -3.22. The largest absolute Gasteiger partial charge is 0.496 e. The van der Waals surface area contributed by atoms with Crippen LogP contribution in [-0.4, -0.2) is 24.8 Å². The molecule has 3 aromatic rings. The Kier molecular flexibility index (Phi) is 8.20. The molecule has 3 rings (SSSR count). The molecule has 0 fully saturated rings. The predicted octanol–water partition coefficient (Wildman–Crippen LogP) is 5.89. The Bertz CT molecular complexity index is 1130. The van der Waals surface area contributed by atoms with E-state index in [4.69, 9.17) is 37.4 Å². The molecule has 1 N–H and O–H groups in total. The molecule has 0 aliphatic heterocycles. The van der Waals surface area contributed by atoms with Crippen molar-refractivity contribution in [2.45, 2.75) is 26.1 Å². The van der Waals surface area contributed by atoms with Gasteiger partial charge in [0.25, 0.3) is 5.91 Å². The molecule has 0 atom stereocenters. The highest BCUT2D eigenvalue weighted by Gasteiger charge is 2.29. The van der Waals surface area contributed by atoms with Crippen molar-refractivity contribution in [2.75, 3.05) is 7.11 Å². The number of amides is 1. The highest BCUT2D eigenvalue weighted by Crippen LogP contribution is 2.24. The first-order valence-electron chi connectivity index (χ1n) is 10.1. The van der Waals surface area contributed by atoms with Gasteiger partial charge in [-0.05, 0) is 80.1 Å². The lowest BCUT2D eigenvalue weighted by molar-refractivity contribution is -0.134. The fourth-order valence-corrected chi connectivity index (χ4v) is 3.16. The second-order valence-corrected chi connectivity index (χ2v) is 8.46. The summed E-state index contributed by atoms with van der Waals surface area (Å²) in [6.45, 7) is 3.59. The van der Waals surface area contributed by atoms with E-state index in [1.54, 1.807) is 63.6 Å². The molecule has 0 aliphatic carbocycles. The van der Waals surface area contributed by atoms with Crippen molar-refractivity contribution in [3.63, 3.8) is 0 Å². The number of hydrogen-bond acceptors (Lipinski definition) is 5. The summed E-state index contributed by atoms with van der Waals surface area (Å²) in [4.78, 5) is 12.6. The molecule has 33 heavy (non-hydrogen) atoms. The van der Waals surface area contributed by atoms with Crippen LogP contribution in [0, 0.1) is 0 Å². The molecular weight excluding hydrogens is 463 g/mol. The monoisotopic (exact) mass is 486 g/mol. The summed E-state index contributed by atoms with van der Waals surface area (Å²) in [6.07, 6.45) is 1.54. The Morgan fingerprint density at radius 2 is 1.76 bits per heavy atom. The van der Waals surface area contributed by atoms with E-state index < -0.39 is 11.5 Å². The molecule has 0 unspecified atom stereocenters. The van der Waals surface area contributed by atoms with E-state index in [-0.39, 0.29) is 6.61 Å². The average molecular weight is 487 g/mol.